The van der Waals surface area contributed by atoms with Crippen molar-refractivity contribution in [3.05, 3.63) is 0 Å². The van der Waals surface area contributed by atoms with Crippen LogP contribution in [0.15, 0.2) is 0 Å². The molecule has 0 amide bonds. The van der Waals surface area contributed by atoms with Gasteiger partial charge in [0.15, 0.2) is 0 Å². The fraction of sp³-hybridized carbons (Fsp3) is 0. The molecule has 0 saturated carbocycles. The Balaban J connectivity index is 3.60. The monoisotopic (exact) mass is 173 g/mol. The summed E-state index contributed by atoms with van der Waals surface area (Å²) in [4.78, 5) is 0. The van der Waals surface area contributed by atoms with Gasteiger partial charge in [0.2, 0.25) is 28.7 Å². The number of phenols is 5. The third-order valence-electron chi connectivity index (χ3n) is 1.33. The molecule has 1 aromatic carbocycles. The molecule has 12 heavy (non-hydrogen) atoms. The van der Waals surface area contributed by atoms with Gasteiger partial charge in [0.25, 0.3) is 5.75 Å². The topological polar surface area (TPSA) is 121 Å². The lowest BCUT2D eigenvalue weighted by molar-refractivity contribution is 0.270. The number of hydrogen-bond acceptors (Lipinski definition) is 5. The molecule has 0 aliphatic rings. The summed E-state index contributed by atoms with van der Waals surface area (Å²) in [5.41, 5.74) is 0. The highest BCUT2D eigenvalue weighted by molar-refractivity contribution is 5.70. The molecule has 0 saturated heterocycles. The molecule has 0 bridgehead atoms. The zero-order valence-electron chi connectivity index (χ0n) is 5.64. The van der Waals surface area contributed by atoms with Crippen LogP contribution >= 0.6 is 0 Å². The maximum Gasteiger partial charge on any atom is 0.269 e. The van der Waals surface area contributed by atoms with E-state index in [1.54, 1.807) is 0 Å². The molecule has 5 N–H and O–H groups in total. The molecule has 6 heteroatoms. The number of benzene rings is 1. The van der Waals surface area contributed by atoms with E-state index in [1.807, 2.05) is 0 Å². The first-order valence-corrected chi connectivity index (χ1v) is 2.82. The molecule has 0 atom stereocenters. The van der Waals surface area contributed by atoms with Crippen LogP contribution < -0.4 is 0 Å². The molecular weight excluding hydrogens is 168 g/mol. The summed E-state index contributed by atoms with van der Waals surface area (Å²) in [5.74, 6) is -7.20. The Hall–Kier alpha value is -1.98. The van der Waals surface area contributed by atoms with Crippen LogP contribution in [0, 0.1) is 0 Å². The van der Waals surface area contributed by atoms with Crippen molar-refractivity contribution in [3.63, 3.8) is 0 Å². The van der Waals surface area contributed by atoms with Crippen molar-refractivity contribution < 1.29 is 30.6 Å². The molecule has 0 fully saturated rings. The van der Waals surface area contributed by atoms with Crippen LogP contribution in [0.4, 0.5) is 0 Å². The summed E-state index contributed by atoms with van der Waals surface area (Å²) in [6, 6.07) is 0. The molecule has 1 aromatic rings. The first-order valence-electron chi connectivity index (χ1n) is 2.82. The van der Waals surface area contributed by atoms with Gasteiger partial charge in [-0.05, 0) is 0 Å². The molecule has 6 nitrogen and oxygen atoms in total. The first-order chi connectivity index (χ1) is 5.46. The standard InChI is InChI=1S/C6H5O6/c7-1-2(8)4(10)6(12)5(11)3(1)9/h7-11H. The zero-order chi connectivity index (χ0) is 9.46. The average molecular weight is 173 g/mol. The van der Waals surface area contributed by atoms with Gasteiger partial charge in [0.1, 0.15) is 0 Å². The summed E-state index contributed by atoms with van der Waals surface area (Å²) < 4.78 is 0. The number of rotatable bonds is 0. The minimum absolute atomic E-state index is 1.13. The van der Waals surface area contributed by atoms with Gasteiger partial charge in [-0.15, -0.1) is 0 Å². The van der Waals surface area contributed by atoms with Gasteiger partial charge in [0, 0.05) is 0 Å². The van der Waals surface area contributed by atoms with Crippen molar-refractivity contribution in [3.8, 4) is 34.5 Å². The highest BCUT2D eigenvalue weighted by Gasteiger charge is 2.23. The quantitative estimate of drug-likeness (QED) is 0.286. The average Bonchev–Trinajstić information content (AvgIpc) is 2.08. The maximum absolute atomic E-state index is 10.6. The van der Waals surface area contributed by atoms with Crippen LogP contribution in [0.25, 0.3) is 0 Å². The lowest BCUT2D eigenvalue weighted by Crippen LogP contribution is -1.76. The number of hydrogen-bond donors (Lipinski definition) is 5. The van der Waals surface area contributed by atoms with Crippen LogP contribution in [0.1, 0.15) is 0 Å². The van der Waals surface area contributed by atoms with E-state index in [0.29, 0.717) is 0 Å². The summed E-state index contributed by atoms with van der Waals surface area (Å²) in [5, 5.41) is 54.2. The van der Waals surface area contributed by atoms with Gasteiger partial charge in [-0.3, -0.25) is 5.11 Å². The second-order valence-corrected chi connectivity index (χ2v) is 2.07. The van der Waals surface area contributed by atoms with Crippen LogP contribution in [-0.4, -0.2) is 25.5 Å². The van der Waals surface area contributed by atoms with Crippen molar-refractivity contribution in [2.24, 2.45) is 0 Å². The van der Waals surface area contributed by atoms with Crippen LogP contribution in [0.5, 0.6) is 34.5 Å². The Morgan fingerprint density at radius 1 is 0.583 bits per heavy atom. The third kappa shape index (κ3) is 0.815. The Bertz CT molecular complexity index is 226. The largest absolute Gasteiger partial charge is 0.502 e. The molecule has 0 aromatic heterocycles. The summed E-state index contributed by atoms with van der Waals surface area (Å²) >= 11 is 0. The molecule has 0 unspecified atom stereocenters. The minimum atomic E-state index is -1.34. The van der Waals surface area contributed by atoms with Gasteiger partial charge >= 0.3 is 0 Å². The molecule has 0 spiro atoms. The number of aromatic hydroxyl groups is 5. The molecular formula is C6H5O6. The highest BCUT2D eigenvalue weighted by atomic mass is 16.4. The van der Waals surface area contributed by atoms with E-state index < -0.39 is 34.5 Å². The predicted molar refractivity (Wildman–Crippen MR) is 34.9 cm³/mol. The molecule has 0 heterocycles. The Morgan fingerprint density at radius 3 is 1.17 bits per heavy atom. The smallest absolute Gasteiger partial charge is 0.269 e. The molecule has 1 radical (unpaired) electrons. The summed E-state index contributed by atoms with van der Waals surface area (Å²) in [7, 11) is 0. The van der Waals surface area contributed by atoms with E-state index >= 15 is 0 Å². The molecule has 1 rings (SSSR count). The zero-order valence-corrected chi connectivity index (χ0v) is 5.64. The fourth-order valence-corrected chi connectivity index (χ4v) is 0.664. The highest BCUT2D eigenvalue weighted by Crippen LogP contribution is 2.54. The Kier molecular flexibility index (Phi) is 1.53. The molecule has 0 aliphatic heterocycles. The lowest BCUT2D eigenvalue weighted by Gasteiger charge is -2.05. The summed E-state index contributed by atoms with van der Waals surface area (Å²) in [6.07, 6.45) is 0. The van der Waals surface area contributed by atoms with Gasteiger partial charge < -0.3 is 25.5 Å². The lowest BCUT2D eigenvalue weighted by atomic mass is 10.2. The van der Waals surface area contributed by atoms with Crippen molar-refractivity contribution in [1.82, 2.24) is 0 Å². The second kappa shape index (κ2) is 2.26. The predicted octanol–water partition coefficient (Wildman–Crippen LogP) is 0.358. The van der Waals surface area contributed by atoms with Gasteiger partial charge in [-0.25, -0.2) is 0 Å². The third-order valence-corrected chi connectivity index (χ3v) is 1.33. The fourth-order valence-electron chi connectivity index (χ4n) is 0.664. The molecule has 0 aliphatic carbocycles. The maximum atomic E-state index is 10.6. The van der Waals surface area contributed by atoms with Crippen molar-refractivity contribution in [2.75, 3.05) is 0 Å². The van der Waals surface area contributed by atoms with Gasteiger partial charge in [-0.2, -0.15) is 0 Å². The number of phenolic OH excluding ortho intramolecular Hbond substituents is 5. The SMILES string of the molecule is [O]c1c(O)c(O)c(O)c(O)c1O. The van der Waals surface area contributed by atoms with Crippen LogP contribution in [-0.2, 0) is 5.11 Å². The van der Waals surface area contributed by atoms with E-state index in [-0.39, 0.29) is 0 Å². The minimum Gasteiger partial charge on any atom is -0.502 e. The Morgan fingerprint density at radius 2 is 0.833 bits per heavy atom. The second-order valence-electron chi connectivity index (χ2n) is 2.07. The van der Waals surface area contributed by atoms with E-state index in [2.05, 4.69) is 0 Å². The summed E-state index contributed by atoms with van der Waals surface area (Å²) in [6.45, 7) is 0. The molecule has 65 valence electrons. The van der Waals surface area contributed by atoms with Gasteiger partial charge in [0.05, 0.1) is 0 Å². The van der Waals surface area contributed by atoms with Crippen LogP contribution in [0.2, 0.25) is 0 Å². The van der Waals surface area contributed by atoms with Gasteiger partial charge in [-0.1, -0.05) is 0 Å². The van der Waals surface area contributed by atoms with E-state index in [4.69, 9.17) is 25.5 Å². The Labute approximate surface area is 66.2 Å². The van der Waals surface area contributed by atoms with E-state index in [0.717, 1.165) is 0 Å². The van der Waals surface area contributed by atoms with Crippen LogP contribution in [0.3, 0.4) is 0 Å². The van der Waals surface area contributed by atoms with Crippen molar-refractivity contribution in [1.29, 1.82) is 0 Å². The normalized spacial score (nSPS) is 10.0. The van der Waals surface area contributed by atoms with E-state index in [1.165, 1.54) is 0 Å². The van der Waals surface area contributed by atoms with Crippen molar-refractivity contribution in [2.45, 2.75) is 0 Å². The first kappa shape index (κ1) is 8.12. The van der Waals surface area contributed by atoms with Crippen molar-refractivity contribution >= 4 is 0 Å². The van der Waals surface area contributed by atoms with E-state index in [9.17, 15) is 5.11 Å².